The molecule has 0 aliphatic carbocycles. The van der Waals surface area contributed by atoms with Crippen molar-refractivity contribution in [1.29, 1.82) is 0 Å². The standard InChI is InChI=1S/C12H10BrClO/c1-2-3-4-5-12(15)9-6-7-10(13)11(14)8-9/h6-8H,4-5H2,1H3. The summed E-state index contributed by atoms with van der Waals surface area (Å²) >= 11 is 9.17. The molecule has 15 heavy (non-hydrogen) atoms. The Morgan fingerprint density at radius 2 is 2.27 bits per heavy atom. The molecule has 0 bridgehead atoms. The molecule has 0 N–H and O–H groups in total. The van der Waals surface area contributed by atoms with Crippen LogP contribution in [0.1, 0.15) is 30.1 Å². The van der Waals surface area contributed by atoms with E-state index in [9.17, 15) is 4.79 Å². The van der Waals surface area contributed by atoms with Gasteiger partial charge >= 0.3 is 0 Å². The Morgan fingerprint density at radius 3 is 2.87 bits per heavy atom. The summed E-state index contributed by atoms with van der Waals surface area (Å²) in [7, 11) is 0. The summed E-state index contributed by atoms with van der Waals surface area (Å²) in [5.74, 6) is 5.70. The molecule has 0 heterocycles. The lowest BCUT2D eigenvalue weighted by molar-refractivity contribution is 0.0984. The monoisotopic (exact) mass is 284 g/mol. The number of halogens is 2. The van der Waals surface area contributed by atoms with Crippen molar-refractivity contribution in [3.63, 3.8) is 0 Å². The van der Waals surface area contributed by atoms with Crippen LogP contribution >= 0.6 is 27.5 Å². The molecule has 0 saturated carbocycles. The van der Waals surface area contributed by atoms with Crippen LogP contribution in [0.3, 0.4) is 0 Å². The second-order valence-electron chi connectivity index (χ2n) is 2.98. The molecule has 0 spiro atoms. The lowest BCUT2D eigenvalue weighted by atomic mass is 10.1. The zero-order chi connectivity index (χ0) is 11.3. The first-order valence-corrected chi connectivity index (χ1v) is 5.70. The summed E-state index contributed by atoms with van der Waals surface area (Å²) < 4.78 is 0.800. The zero-order valence-electron chi connectivity index (χ0n) is 8.31. The van der Waals surface area contributed by atoms with Gasteiger partial charge in [-0.3, -0.25) is 4.79 Å². The number of rotatable bonds is 3. The van der Waals surface area contributed by atoms with E-state index in [1.54, 1.807) is 25.1 Å². The fourth-order valence-corrected chi connectivity index (χ4v) is 1.54. The number of benzene rings is 1. The fourth-order valence-electron chi connectivity index (χ4n) is 1.11. The summed E-state index contributed by atoms with van der Waals surface area (Å²) in [5.41, 5.74) is 0.640. The first kappa shape index (κ1) is 12.3. The number of hydrogen-bond donors (Lipinski definition) is 0. The van der Waals surface area contributed by atoms with Crippen LogP contribution in [0.4, 0.5) is 0 Å². The third kappa shape index (κ3) is 3.70. The fraction of sp³-hybridized carbons (Fsp3) is 0.250. The maximum atomic E-state index is 11.6. The summed E-state index contributed by atoms with van der Waals surface area (Å²) in [5, 5.41) is 0.558. The highest BCUT2D eigenvalue weighted by Crippen LogP contribution is 2.23. The maximum absolute atomic E-state index is 11.6. The van der Waals surface area contributed by atoms with Crippen molar-refractivity contribution in [1.82, 2.24) is 0 Å². The van der Waals surface area contributed by atoms with E-state index < -0.39 is 0 Å². The van der Waals surface area contributed by atoms with Crippen LogP contribution in [0.25, 0.3) is 0 Å². The van der Waals surface area contributed by atoms with Gasteiger partial charge in [-0.15, -0.1) is 11.8 Å². The Kier molecular flexibility index (Phi) is 4.87. The molecule has 0 unspecified atom stereocenters. The Morgan fingerprint density at radius 1 is 1.53 bits per heavy atom. The number of carbonyl (C=O) groups is 1. The number of ketones is 1. The van der Waals surface area contributed by atoms with Gasteiger partial charge in [-0.2, -0.15) is 0 Å². The summed E-state index contributed by atoms with van der Waals surface area (Å²) in [4.78, 5) is 11.6. The van der Waals surface area contributed by atoms with E-state index in [0.717, 1.165) is 4.47 Å². The minimum atomic E-state index is 0.0761. The van der Waals surface area contributed by atoms with Gasteiger partial charge < -0.3 is 0 Å². The Bertz CT molecular complexity index is 429. The quantitative estimate of drug-likeness (QED) is 0.604. The van der Waals surface area contributed by atoms with Crippen molar-refractivity contribution in [2.24, 2.45) is 0 Å². The maximum Gasteiger partial charge on any atom is 0.163 e. The second kappa shape index (κ2) is 5.95. The molecule has 0 aliphatic rings. The van der Waals surface area contributed by atoms with Crippen LogP contribution in [0.2, 0.25) is 5.02 Å². The van der Waals surface area contributed by atoms with Crippen molar-refractivity contribution in [2.75, 3.05) is 0 Å². The van der Waals surface area contributed by atoms with E-state index in [-0.39, 0.29) is 5.78 Å². The zero-order valence-corrected chi connectivity index (χ0v) is 10.7. The van der Waals surface area contributed by atoms with Gasteiger partial charge in [0.25, 0.3) is 0 Å². The van der Waals surface area contributed by atoms with E-state index in [2.05, 4.69) is 27.8 Å². The first-order valence-electron chi connectivity index (χ1n) is 4.53. The SMILES string of the molecule is CC#CCCC(=O)c1ccc(Br)c(Cl)c1. The average molecular weight is 286 g/mol. The molecule has 1 aromatic carbocycles. The van der Waals surface area contributed by atoms with E-state index in [1.165, 1.54) is 0 Å². The molecule has 0 amide bonds. The Balaban J connectivity index is 2.72. The molecule has 1 nitrogen and oxygen atoms in total. The molecule has 0 atom stereocenters. The predicted molar refractivity (Wildman–Crippen MR) is 66.2 cm³/mol. The molecule has 0 aliphatic heterocycles. The minimum absolute atomic E-state index is 0.0761. The Hall–Kier alpha value is -0.780. The summed E-state index contributed by atoms with van der Waals surface area (Å²) in [6, 6.07) is 5.21. The molecule has 0 saturated heterocycles. The number of Topliss-reactive ketones (excluding diaryl/α,β-unsaturated/α-hetero) is 1. The van der Waals surface area contributed by atoms with Gasteiger partial charge in [0.2, 0.25) is 0 Å². The van der Waals surface area contributed by atoms with E-state index >= 15 is 0 Å². The molecule has 3 heteroatoms. The van der Waals surface area contributed by atoms with E-state index in [4.69, 9.17) is 11.6 Å². The van der Waals surface area contributed by atoms with Crippen molar-refractivity contribution in [3.05, 3.63) is 33.3 Å². The highest BCUT2D eigenvalue weighted by atomic mass is 79.9. The molecule has 78 valence electrons. The number of hydrogen-bond acceptors (Lipinski definition) is 1. The minimum Gasteiger partial charge on any atom is -0.294 e. The van der Waals surface area contributed by atoms with Gasteiger partial charge in [-0.25, -0.2) is 0 Å². The van der Waals surface area contributed by atoms with Gasteiger partial charge in [-0.05, 0) is 35.0 Å². The largest absolute Gasteiger partial charge is 0.294 e. The van der Waals surface area contributed by atoms with Crippen LogP contribution in [0, 0.1) is 11.8 Å². The van der Waals surface area contributed by atoms with Crippen LogP contribution in [-0.2, 0) is 0 Å². The van der Waals surface area contributed by atoms with Gasteiger partial charge in [0.1, 0.15) is 0 Å². The molecule has 0 fully saturated rings. The topological polar surface area (TPSA) is 17.1 Å². The average Bonchev–Trinajstić information content (AvgIpc) is 2.22. The smallest absolute Gasteiger partial charge is 0.163 e. The Labute approximate surface area is 103 Å². The van der Waals surface area contributed by atoms with Crippen LogP contribution in [0.15, 0.2) is 22.7 Å². The van der Waals surface area contributed by atoms with Crippen molar-refractivity contribution >= 4 is 33.3 Å². The lowest BCUT2D eigenvalue weighted by Gasteiger charge is -2.00. The third-order valence-corrected chi connectivity index (χ3v) is 3.13. The molecule has 1 rings (SSSR count). The normalized spacial score (nSPS) is 9.27. The van der Waals surface area contributed by atoms with Crippen molar-refractivity contribution in [3.8, 4) is 11.8 Å². The summed E-state index contributed by atoms with van der Waals surface area (Å²) in [6.45, 7) is 1.76. The summed E-state index contributed by atoms with van der Waals surface area (Å²) in [6.07, 6.45) is 1.04. The molecule has 1 aromatic rings. The predicted octanol–water partition coefficient (Wildman–Crippen LogP) is 4.09. The highest BCUT2D eigenvalue weighted by molar-refractivity contribution is 9.10. The molecular weight excluding hydrogens is 275 g/mol. The van der Waals surface area contributed by atoms with Gasteiger partial charge in [0.15, 0.2) is 5.78 Å². The van der Waals surface area contributed by atoms with Crippen LogP contribution in [0.5, 0.6) is 0 Å². The number of carbonyl (C=O) groups excluding carboxylic acids is 1. The molecule has 0 aromatic heterocycles. The van der Waals surface area contributed by atoms with Gasteiger partial charge in [-0.1, -0.05) is 17.7 Å². The van der Waals surface area contributed by atoms with E-state index in [1.807, 2.05) is 0 Å². The van der Waals surface area contributed by atoms with Crippen molar-refractivity contribution in [2.45, 2.75) is 19.8 Å². The van der Waals surface area contributed by atoms with Gasteiger partial charge in [0.05, 0.1) is 5.02 Å². The van der Waals surface area contributed by atoms with Crippen LogP contribution in [-0.4, -0.2) is 5.78 Å². The molecular formula is C12H10BrClO. The van der Waals surface area contributed by atoms with Crippen LogP contribution < -0.4 is 0 Å². The lowest BCUT2D eigenvalue weighted by Crippen LogP contribution is -1.98. The highest BCUT2D eigenvalue weighted by Gasteiger charge is 2.06. The first-order chi connectivity index (χ1) is 7.15. The molecule has 0 radical (unpaired) electrons. The van der Waals surface area contributed by atoms with E-state index in [0.29, 0.717) is 23.4 Å². The van der Waals surface area contributed by atoms with Gasteiger partial charge in [0, 0.05) is 22.9 Å². The third-order valence-electron chi connectivity index (χ3n) is 1.90. The van der Waals surface area contributed by atoms with Crippen molar-refractivity contribution < 1.29 is 4.79 Å². The second-order valence-corrected chi connectivity index (χ2v) is 4.24.